The molecule has 5 heteroatoms. The highest BCUT2D eigenvalue weighted by molar-refractivity contribution is 7.22. The summed E-state index contributed by atoms with van der Waals surface area (Å²) in [6, 6.07) is 16.4. The van der Waals surface area contributed by atoms with Gasteiger partial charge in [0.25, 0.3) is 0 Å². The average Bonchev–Trinajstić information content (AvgIpc) is 3.09. The van der Waals surface area contributed by atoms with Gasteiger partial charge < -0.3 is 5.32 Å². The molecule has 0 spiro atoms. The Hall–Kier alpha value is -1.91. The maximum Gasteiger partial charge on any atom is 0.232 e. The lowest BCUT2D eigenvalue weighted by atomic mass is 9.42. The second kappa shape index (κ2) is 6.29. The summed E-state index contributed by atoms with van der Waals surface area (Å²) in [6.07, 6.45) is 6.70. The van der Waals surface area contributed by atoms with Crippen molar-refractivity contribution in [2.45, 2.75) is 43.9 Å². The molecule has 1 amide bonds. The highest BCUT2D eigenvalue weighted by atomic mass is 35.5. The minimum Gasteiger partial charge on any atom is -0.301 e. The van der Waals surface area contributed by atoms with Crippen LogP contribution in [0.1, 0.15) is 44.1 Å². The predicted octanol–water partition coefficient (Wildman–Crippen LogP) is 6.43. The molecule has 2 unspecified atom stereocenters. The van der Waals surface area contributed by atoms with E-state index >= 15 is 0 Å². The molecular weight excluding hydrogens is 400 g/mol. The molecule has 148 valence electrons. The molecule has 4 fully saturated rings. The number of rotatable bonds is 3. The van der Waals surface area contributed by atoms with E-state index in [1.54, 1.807) is 11.3 Å². The third-order valence-electron chi connectivity index (χ3n) is 7.51. The van der Waals surface area contributed by atoms with Gasteiger partial charge in [0.1, 0.15) is 0 Å². The van der Waals surface area contributed by atoms with E-state index in [9.17, 15) is 4.79 Å². The van der Waals surface area contributed by atoms with Crippen LogP contribution in [-0.2, 0) is 10.2 Å². The lowest BCUT2D eigenvalue weighted by molar-refractivity contribution is -0.143. The molecule has 0 saturated heterocycles. The number of amides is 1. The number of hydrogen-bond donors (Lipinski definition) is 1. The lowest BCUT2D eigenvalue weighted by Crippen LogP contribution is -2.57. The number of anilines is 1. The number of para-hydroxylation sites is 1. The van der Waals surface area contributed by atoms with Crippen LogP contribution in [0.4, 0.5) is 5.13 Å². The van der Waals surface area contributed by atoms with Crippen molar-refractivity contribution in [2.75, 3.05) is 5.32 Å². The maximum atomic E-state index is 13.6. The molecule has 7 rings (SSSR count). The Kier molecular flexibility index (Phi) is 3.89. The summed E-state index contributed by atoms with van der Waals surface area (Å²) in [7, 11) is 0. The zero-order chi connectivity index (χ0) is 19.6. The van der Waals surface area contributed by atoms with Crippen molar-refractivity contribution in [3.63, 3.8) is 0 Å². The first-order valence-electron chi connectivity index (χ1n) is 10.5. The van der Waals surface area contributed by atoms with Crippen LogP contribution in [0.2, 0.25) is 5.02 Å². The van der Waals surface area contributed by atoms with Crippen molar-refractivity contribution in [2.24, 2.45) is 17.3 Å². The number of benzene rings is 2. The van der Waals surface area contributed by atoms with Crippen molar-refractivity contribution in [1.29, 1.82) is 0 Å². The van der Waals surface area contributed by atoms with E-state index in [2.05, 4.69) is 28.5 Å². The molecular formula is C24H23ClN2OS. The second-order valence-electron chi connectivity index (χ2n) is 9.47. The minimum absolute atomic E-state index is 0.125. The first-order chi connectivity index (χ1) is 14.0. The fraction of sp³-hybridized carbons (Fsp3) is 0.417. The van der Waals surface area contributed by atoms with E-state index in [0.29, 0.717) is 11.8 Å². The van der Waals surface area contributed by atoms with Crippen LogP contribution in [0.3, 0.4) is 0 Å². The van der Waals surface area contributed by atoms with Gasteiger partial charge in [0, 0.05) is 5.02 Å². The van der Waals surface area contributed by atoms with E-state index in [-0.39, 0.29) is 16.7 Å². The zero-order valence-electron chi connectivity index (χ0n) is 16.2. The van der Waals surface area contributed by atoms with Gasteiger partial charge in [-0.25, -0.2) is 4.98 Å². The number of aromatic nitrogens is 1. The summed E-state index contributed by atoms with van der Waals surface area (Å²) in [5.74, 6) is 1.48. The van der Waals surface area contributed by atoms with Gasteiger partial charge in [-0.15, -0.1) is 0 Å². The van der Waals surface area contributed by atoms with Gasteiger partial charge in [-0.2, -0.15) is 0 Å². The molecule has 1 heterocycles. The molecule has 0 aliphatic heterocycles. The smallest absolute Gasteiger partial charge is 0.232 e. The minimum atomic E-state index is -0.262. The Morgan fingerprint density at radius 3 is 2.48 bits per heavy atom. The molecule has 4 aliphatic rings. The quantitative estimate of drug-likeness (QED) is 0.528. The summed E-state index contributed by atoms with van der Waals surface area (Å²) in [6.45, 7) is 0. The Labute approximate surface area is 179 Å². The van der Waals surface area contributed by atoms with Crippen LogP contribution in [0.5, 0.6) is 0 Å². The Morgan fingerprint density at radius 1 is 1.03 bits per heavy atom. The fourth-order valence-corrected chi connectivity index (χ4v) is 7.81. The van der Waals surface area contributed by atoms with E-state index in [0.717, 1.165) is 39.6 Å². The number of hydrogen-bond acceptors (Lipinski definition) is 3. The van der Waals surface area contributed by atoms with Crippen LogP contribution in [0.25, 0.3) is 10.2 Å². The molecule has 29 heavy (non-hydrogen) atoms. The van der Waals surface area contributed by atoms with Crippen LogP contribution >= 0.6 is 22.9 Å². The zero-order valence-corrected chi connectivity index (χ0v) is 17.7. The average molecular weight is 423 g/mol. The normalized spacial score (nSPS) is 32.6. The van der Waals surface area contributed by atoms with Crippen LogP contribution in [0.15, 0.2) is 48.5 Å². The standard InChI is InChI=1S/C24H23ClN2OS/c25-18-7-5-17(6-8-18)23-10-15-9-16(11-23)13-24(12-15,14-23)21(28)27-22-26-19-3-1-2-4-20(19)29-22/h1-8,15-16H,9-14H2,(H,26,27,28). The molecule has 3 aromatic rings. The van der Waals surface area contributed by atoms with Gasteiger partial charge in [0.05, 0.1) is 15.6 Å². The monoisotopic (exact) mass is 422 g/mol. The summed E-state index contributed by atoms with van der Waals surface area (Å²) in [4.78, 5) is 18.2. The number of fused-ring (bicyclic) bond motifs is 1. The Morgan fingerprint density at radius 2 is 1.76 bits per heavy atom. The van der Waals surface area contributed by atoms with E-state index < -0.39 is 0 Å². The van der Waals surface area contributed by atoms with Gasteiger partial charge in [-0.05, 0) is 85.6 Å². The number of thiazole rings is 1. The Bertz CT molecular complexity index is 1060. The summed E-state index contributed by atoms with van der Waals surface area (Å²) < 4.78 is 1.12. The van der Waals surface area contributed by atoms with Gasteiger partial charge in [-0.1, -0.05) is 47.2 Å². The van der Waals surface area contributed by atoms with Crippen molar-refractivity contribution < 1.29 is 4.79 Å². The maximum absolute atomic E-state index is 13.6. The number of halogens is 1. The summed E-state index contributed by atoms with van der Waals surface area (Å²) in [5.41, 5.74) is 2.19. The van der Waals surface area contributed by atoms with Crippen LogP contribution < -0.4 is 5.32 Å². The van der Waals surface area contributed by atoms with Crippen molar-refractivity contribution in [1.82, 2.24) is 4.98 Å². The van der Waals surface area contributed by atoms with Gasteiger partial charge in [0.15, 0.2) is 5.13 Å². The number of carbonyl (C=O) groups excluding carboxylic acids is 1. The predicted molar refractivity (Wildman–Crippen MR) is 118 cm³/mol. The van der Waals surface area contributed by atoms with E-state index in [1.807, 2.05) is 30.3 Å². The largest absolute Gasteiger partial charge is 0.301 e. The van der Waals surface area contributed by atoms with Gasteiger partial charge in [0.2, 0.25) is 5.91 Å². The molecule has 2 atom stereocenters. The molecule has 3 nitrogen and oxygen atoms in total. The second-order valence-corrected chi connectivity index (χ2v) is 10.9. The topological polar surface area (TPSA) is 42.0 Å². The number of nitrogens with one attached hydrogen (secondary N) is 1. The third-order valence-corrected chi connectivity index (χ3v) is 8.72. The van der Waals surface area contributed by atoms with Gasteiger partial charge in [-0.3, -0.25) is 4.79 Å². The molecule has 1 N–H and O–H groups in total. The highest BCUT2D eigenvalue weighted by Gasteiger charge is 2.61. The molecule has 4 bridgehead atoms. The molecule has 0 radical (unpaired) electrons. The first-order valence-corrected chi connectivity index (χ1v) is 11.7. The lowest BCUT2D eigenvalue weighted by Gasteiger charge is -2.61. The van der Waals surface area contributed by atoms with Crippen molar-refractivity contribution in [3.8, 4) is 0 Å². The molecule has 4 aliphatic carbocycles. The van der Waals surface area contributed by atoms with Gasteiger partial charge >= 0.3 is 0 Å². The number of nitrogens with zero attached hydrogens (tertiary/aromatic N) is 1. The summed E-state index contributed by atoms with van der Waals surface area (Å²) >= 11 is 7.72. The highest BCUT2D eigenvalue weighted by Crippen LogP contribution is 2.66. The third kappa shape index (κ3) is 2.83. The van der Waals surface area contributed by atoms with Crippen molar-refractivity contribution in [3.05, 3.63) is 59.1 Å². The van der Waals surface area contributed by atoms with Crippen molar-refractivity contribution >= 4 is 44.2 Å². The SMILES string of the molecule is O=C(Nc1nc2ccccc2s1)C12CC3CC(C1)CC(c1ccc(Cl)cc1)(C3)C2. The van der Waals surface area contributed by atoms with E-state index in [1.165, 1.54) is 24.8 Å². The molecule has 2 aromatic carbocycles. The van der Waals surface area contributed by atoms with Crippen LogP contribution in [-0.4, -0.2) is 10.9 Å². The Balaban J connectivity index is 1.33. The van der Waals surface area contributed by atoms with Crippen LogP contribution in [0, 0.1) is 17.3 Å². The fourth-order valence-electron chi connectivity index (χ4n) is 6.82. The van der Waals surface area contributed by atoms with E-state index in [4.69, 9.17) is 11.6 Å². The summed E-state index contributed by atoms with van der Waals surface area (Å²) in [5, 5.41) is 4.72. The first kappa shape index (κ1) is 17.9. The molecule has 1 aromatic heterocycles. The number of carbonyl (C=O) groups is 1. The molecule has 4 saturated carbocycles.